The third-order valence-electron chi connectivity index (χ3n) is 7.16. The molecule has 1 aromatic carbocycles. The number of likely N-dealkylation sites (tertiary alicyclic amines) is 1. The predicted octanol–water partition coefficient (Wildman–Crippen LogP) is 3.71. The minimum atomic E-state index is -0.609. The van der Waals surface area contributed by atoms with Crippen LogP contribution in [0.1, 0.15) is 32.8 Å². The molecular weight excluding hydrogens is 520 g/mol. The van der Waals surface area contributed by atoms with Crippen LogP contribution in [0.3, 0.4) is 0 Å². The molecule has 0 radical (unpaired) electrons. The number of thiazole rings is 1. The zero-order valence-corrected chi connectivity index (χ0v) is 23.8. The minimum Gasteiger partial charge on any atom is -0.444 e. The van der Waals surface area contributed by atoms with Gasteiger partial charge in [0.15, 0.2) is 5.13 Å². The summed E-state index contributed by atoms with van der Waals surface area (Å²) in [6.45, 7) is 10.2. The SMILES string of the molecule is CC(C)(C)OC(=O)N1C[C@@H](N2CCN(c3nc(-c4ccc(C#N)cc4)cs3)CC2)C[C@H]1C(=O)N1CCSC1. The van der Waals surface area contributed by atoms with Crippen LogP contribution in [0, 0.1) is 11.3 Å². The molecule has 2 amide bonds. The Morgan fingerprint density at radius 1 is 1.11 bits per heavy atom. The van der Waals surface area contributed by atoms with Gasteiger partial charge in [0.2, 0.25) is 5.91 Å². The summed E-state index contributed by atoms with van der Waals surface area (Å²) in [4.78, 5) is 39.6. The maximum absolute atomic E-state index is 13.4. The van der Waals surface area contributed by atoms with Crippen molar-refractivity contribution in [3.05, 3.63) is 35.2 Å². The number of carbonyl (C=O) groups excluding carboxylic acids is 2. The number of ether oxygens (including phenoxy) is 1. The lowest BCUT2D eigenvalue weighted by molar-refractivity contribution is -0.134. The molecule has 1 aromatic heterocycles. The van der Waals surface area contributed by atoms with Crippen molar-refractivity contribution in [2.75, 3.05) is 55.8 Å². The third kappa shape index (κ3) is 5.92. The molecule has 3 saturated heterocycles. The molecule has 2 atom stereocenters. The average molecular weight is 555 g/mol. The number of thioether (sulfide) groups is 1. The number of amides is 2. The van der Waals surface area contributed by atoms with E-state index >= 15 is 0 Å². The number of piperazine rings is 1. The third-order valence-corrected chi connectivity index (χ3v) is 9.03. The molecule has 11 heteroatoms. The van der Waals surface area contributed by atoms with E-state index in [0.717, 1.165) is 54.9 Å². The summed E-state index contributed by atoms with van der Waals surface area (Å²) in [5.74, 6) is 1.68. The fourth-order valence-electron chi connectivity index (χ4n) is 5.17. The molecule has 38 heavy (non-hydrogen) atoms. The molecule has 3 aliphatic rings. The number of nitriles is 1. The standard InChI is InChI=1S/C27H34N6O3S2/c1-27(2,3)36-26(35)33-16-21(14-23(33)24(34)32-12-13-37-18-32)30-8-10-31(11-9-30)25-29-22(17-38-25)20-6-4-19(15-28)5-7-20/h4-7,17,21,23H,8-14,16,18H2,1-3H3/t21-,23-/m0/s1. The van der Waals surface area contributed by atoms with Gasteiger partial charge in [0.05, 0.1) is 23.2 Å². The number of rotatable bonds is 4. The van der Waals surface area contributed by atoms with E-state index in [1.165, 1.54) is 0 Å². The van der Waals surface area contributed by atoms with Crippen molar-refractivity contribution in [1.82, 2.24) is 19.7 Å². The van der Waals surface area contributed by atoms with Gasteiger partial charge in [0.1, 0.15) is 11.6 Å². The van der Waals surface area contributed by atoms with Gasteiger partial charge in [-0.2, -0.15) is 5.26 Å². The van der Waals surface area contributed by atoms with Gasteiger partial charge in [-0.1, -0.05) is 12.1 Å². The van der Waals surface area contributed by atoms with Gasteiger partial charge in [-0.05, 0) is 39.3 Å². The maximum atomic E-state index is 13.4. The van der Waals surface area contributed by atoms with Gasteiger partial charge >= 0.3 is 6.09 Å². The summed E-state index contributed by atoms with van der Waals surface area (Å²) >= 11 is 3.39. The molecule has 202 valence electrons. The second kappa shape index (κ2) is 11.1. The number of nitrogens with zero attached hydrogens (tertiary/aromatic N) is 6. The second-order valence-electron chi connectivity index (χ2n) is 10.9. The van der Waals surface area contributed by atoms with Crippen LogP contribution >= 0.6 is 23.1 Å². The van der Waals surface area contributed by atoms with Crippen LogP contribution in [-0.2, 0) is 9.53 Å². The van der Waals surface area contributed by atoms with Crippen LogP contribution < -0.4 is 4.90 Å². The van der Waals surface area contributed by atoms with E-state index in [9.17, 15) is 9.59 Å². The lowest BCUT2D eigenvalue weighted by Crippen LogP contribution is -2.51. The summed E-state index contributed by atoms with van der Waals surface area (Å²) in [5.41, 5.74) is 1.95. The average Bonchev–Trinajstić information content (AvgIpc) is 3.68. The van der Waals surface area contributed by atoms with Crippen LogP contribution in [0.25, 0.3) is 11.3 Å². The van der Waals surface area contributed by atoms with E-state index in [1.807, 2.05) is 49.9 Å². The fourth-order valence-corrected chi connectivity index (χ4v) is 7.01. The molecule has 0 saturated carbocycles. The van der Waals surface area contributed by atoms with Crippen LogP contribution in [0.4, 0.5) is 9.93 Å². The Morgan fingerprint density at radius 2 is 1.84 bits per heavy atom. The Bertz CT molecular complexity index is 1190. The quantitative estimate of drug-likeness (QED) is 0.565. The monoisotopic (exact) mass is 554 g/mol. The Kier molecular flexibility index (Phi) is 7.84. The zero-order chi connectivity index (χ0) is 26.9. The van der Waals surface area contributed by atoms with E-state index < -0.39 is 17.7 Å². The molecule has 0 spiro atoms. The van der Waals surface area contributed by atoms with Gasteiger partial charge in [0.25, 0.3) is 0 Å². The first-order valence-electron chi connectivity index (χ1n) is 13.0. The molecule has 0 bridgehead atoms. The number of hydrogen-bond donors (Lipinski definition) is 0. The second-order valence-corrected chi connectivity index (χ2v) is 12.8. The highest BCUT2D eigenvalue weighted by Gasteiger charge is 2.45. The summed E-state index contributed by atoms with van der Waals surface area (Å²) < 4.78 is 5.69. The lowest BCUT2D eigenvalue weighted by Gasteiger charge is -2.37. The Hall–Kier alpha value is -2.81. The normalized spacial score (nSPS) is 22.5. The first-order chi connectivity index (χ1) is 18.2. The largest absolute Gasteiger partial charge is 0.444 e. The number of aromatic nitrogens is 1. The van der Waals surface area contributed by atoms with Crippen molar-refractivity contribution >= 4 is 40.2 Å². The number of carbonyl (C=O) groups is 2. The number of hydrogen-bond acceptors (Lipinski definition) is 9. The number of benzene rings is 1. The van der Waals surface area contributed by atoms with Crippen molar-refractivity contribution in [2.24, 2.45) is 0 Å². The summed E-state index contributed by atoms with van der Waals surface area (Å²) in [6.07, 6.45) is 0.237. The minimum absolute atomic E-state index is 0.0418. The van der Waals surface area contributed by atoms with Gasteiger partial charge < -0.3 is 14.5 Å². The fraction of sp³-hybridized carbons (Fsp3) is 0.556. The molecule has 9 nitrogen and oxygen atoms in total. The first kappa shape index (κ1) is 26.8. The van der Waals surface area contributed by atoms with E-state index in [0.29, 0.717) is 24.4 Å². The highest BCUT2D eigenvalue weighted by Crippen LogP contribution is 2.31. The van der Waals surface area contributed by atoms with Crippen molar-refractivity contribution in [1.29, 1.82) is 5.26 Å². The smallest absolute Gasteiger partial charge is 0.411 e. The van der Waals surface area contributed by atoms with Crippen molar-refractivity contribution < 1.29 is 14.3 Å². The molecule has 2 aromatic rings. The zero-order valence-electron chi connectivity index (χ0n) is 22.1. The van der Waals surface area contributed by atoms with Gasteiger partial charge in [-0.15, -0.1) is 23.1 Å². The molecular formula is C27H34N6O3S2. The van der Waals surface area contributed by atoms with Crippen LogP contribution in [-0.4, -0.2) is 100 Å². The maximum Gasteiger partial charge on any atom is 0.411 e. The van der Waals surface area contributed by atoms with Crippen molar-refractivity contribution in [3.8, 4) is 17.3 Å². The topological polar surface area (TPSA) is 93.0 Å². The summed E-state index contributed by atoms with van der Waals surface area (Å²) in [7, 11) is 0. The molecule has 0 N–H and O–H groups in total. The first-order valence-corrected chi connectivity index (χ1v) is 15.1. The van der Waals surface area contributed by atoms with Crippen molar-refractivity contribution in [3.63, 3.8) is 0 Å². The Morgan fingerprint density at radius 3 is 2.47 bits per heavy atom. The van der Waals surface area contributed by atoms with Gasteiger partial charge in [-0.25, -0.2) is 9.78 Å². The highest BCUT2D eigenvalue weighted by atomic mass is 32.2. The molecule has 5 rings (SSSR count). The van der Waals surface area contributed by atoms with Crippen LogP contribution in [0.2, 0.25) is 0 Å². The highest BCUT2D eigenvalue weighted by molar-refractivity contribution is 7.99. The van der Waals surface area contributed by atoms with E-state index in [4.69, 9.17) is 15.0 Å². The summed E-state index contributed by atoms with van der Waals surface area (Å²) in [6, 6.07) is 9.30. The molecule has 0 aliphatic carbocycles. The lowest BCUT2D eigenvalue weighted by atomic mass is 10.1. The summed E-state index contributed by atoms with van der Waals surface area (Å²) in [5, 5.41) is 12.1. The van der Waals surface area contributed by atoms with Crippen LogP contribution in [0.15, 0.2) is 29.6 Å². The Labute approximate surface area is 232 Å². The number of anilines is 1. The molecule has 3 fully saturated rings. The van der Waals surface area contributed by atoms with Gasteiger partial charge in [0, 0.05) is 62.0 Å². The van der Waals surface area contributed by atoms with E-state index in [2.05, 4.69) is 21.2 Å². The predicted molar refractivity (Wildman–Crippen MR) is 150 cm³/mol. The van der Waals surface area contributed by atoms with E-state index in [-0.39, 0.29) is 11.9 Å². The van der Waals surface area contributed by atoms with Crippen LogP contribution in [0.5, 0.6) is 0 Å². The molecule has 4 heterocycles. The van der Waals surface area contributed by atoms with Crippen molar-refractivity contribution in [2.45, 2.75) is 44.9 Å². The Balaban J connectivity index is 1.22. The molecule has 0 unspecified atom stereocenters. The van der Waals surface area contributed by atoms with E-state index in [1.54, 1.807) is 28.0 Å². The molecule has 3 aliphatic heterocycles. The van der Waals surface area contributed by atoms with Gasteiger partial charge in [-0.3, -0.25) is 14.6 Å².